The maximum Gasteiger partial charge on any atom is 0.337 e. The second-order valence-electron chi connectivity index (χ2n) is 5.10. The molecule has 1 aliphatic heterocycles. The highest BCUT2D eigenvalue weighted by molar-refractivity contribution is 5.89. The number of carbonyl (C=O) groups excluding carboxylic acids is 1. The molecule has 0 aromatic carbocycles. The minimum atomic E-state index is -0.265. The normalized spacial score (nSPS) is 25.6. The van der Waals surface area contributed by atoms with Crippen LogP contribution >= 0.6 is 0 Å². The van der Waals surface area contributed by atoms with E-state index in [9.17, 15) is 4.79 Å². The van der Waals surface area contributed by atoms with Crippen LogP contribution in [-0.4, -0.2) is 19.7 Å². The van der Waals surface area contributed by atoms with Crippen LogP contribution in [0, 0.1) is 11.8 Å². The molecule has 0 amide bonds. The maximum atomic E-state index is 11.7. The second kappa shape index (κ2) is 6.60. The molecule has 0 aromatic rings. The van der Waals surface area contributed by atoms with Crippen LogP contribution in [0.25, 0.3) is 0 Å². The Morgan fingerprint density at radius 2 is 2.37 bits per heavy atom. The lowest BCUT2D eigenvalue weighted by Gasteiger charge is -2.27. The molecule has 0 spiro atoms. The zero-order valence-electron chi connectivity index (χ0n) is 11.7. The average Bonchev–Trinajstić information content (AvgIpc) is 2.86. The summed E-state index contributed by atoms with van der Waals surface area (Å²) in [6.45, 7) is 2.86. The van der Waals surface area contributed by atoms with Gasteiger partial charge < -0.3 is 9.47 Å². The first-order chi connectivity index (χ1) is 9.27. The molecule has 104 valence electrons. The number of methoxy groups -OCH3 is 1. The van der Waals surface area contributed by atoms with Gasteiger partial charge in [0, 0.05) is 11.8 Å². The Balaban J connectivity index is 2.00. The average molecular weight is 262 g/mol. The van der Waals surface area contributed by atoms with Crippen LogP contribution in [0.3, 0.4) is 0 Å². The highest BCUT2D eigenvalue weighted by atomic mass is 16.5. The van der Waals surface area contributed by atoms with Gasteiger partial charge in [-0.25, -0.2) is 4.79 Å². The quantitative estimate of drug-likeness (QED) is 0.563. The zero-order valence-corrected chi connectivity index (χ0v) is 11.7. The molecule has 1 heterocycles. The first-order valence-corrected chi connectivity index (χ1v) is 7.04. The van der Waals surface area contributed by atoms with Crippen LogP contribution in [0.15, 0.2) is 35.6 Å². The SMILES string of the molecule is CCCCC=CC1=CCC2C(C(=O)OC)=COCC12. The summed E-state index contributed by atoms with van der Waals surface area (Å²) in [4.78, 5) is 11.7. The topological polar surface area (TPSA) is 35.5 Å². The standard InChI is InChI=1S/C16H22O3/c1-3-4-5-6-7-12-8-9-13-14(12)10-19-11-15(13)16(17)18-2/h6-8,11,13-14H,3-5,9-10H2,1-2H3. The third-order valence-corrected chi connectivity index (χ3v) is 3.86. The molecule has 0 saturated carbocycles. The van der Waals surface area contributed by atoms with Crippen molar-refractivity contribution in [3.05, 3.63) is 35.6 Å². The van der Waals surface area contributed by atoms with E-state index in [1.54, 1.807) is 6.26 Å². The third kappa shape index (κ3) is 3.09. The molecular formula is C16H22O3. The van der Waals surface area contributed by atoms with Crippen LogP contribution in [0.2, 0.25) is 0 Å². The number of esters is 1. The van der Waals surface area contributed by atoms with Gasteiger partial charge in [-0.2, -0.15) is 0 Å². The van der Waals surface area contributed by atoms with E-state index in [-0.39, 0.29) is 11.9 Å². The summed E-state index contributed by atoms with van der Waals surface area (Å²) in [5, 5.41) is 0. The Morgan fingerprint density at radius 1 is 1.53 bits per heavy atom. The predicted octanol–water partition coefficient (Wildman–Crippen LogP) is 3.38. The lowest BCUT2D eigenvalue weighted by Crippen LogP contribution is -2.27. The summed E-state index contributed by atoms with van der Waals surface area (Å²) in [5.41, 5.74) is 1.97. The molecule has 2 unspecified atom stereocenters. The first kappa shape index (κ1) is 13.9. The molecule has 0 fully saturated rings. The highest BCUT2D eigenvalue weighted by Crippen LogP contribution is 2.40. The maximum absolute atomic E-state index is 11.7. The number of ether oxygens (including phenoxy) is 2. The summed E-state index contributed by atoms with van der Waals surface area (Å²) in [6.07, 6.45) is 12.7. The number of unbranched alkanes of at least 4 members (excludes halogenated alkanes) is 2. The summed E-state index contributed by atoms with van der Waals surface area (Å²) in [6, 6.07) is 0. The van der Waals surface area contributed by atoms with E-state index in [0.717, 1.165) is 12.8 Å². The Morgan fingerprint density at radius 3 is 3.11 bits per heavy atom. The van der Waals surface area contributed by atoms with Crippen molar-refractivity contribution in [1.29, 1.82) is 0 Å². The largest absolute Gasteiger partial charge is 0.500 e. The van der Waals surface area contributed by atoms with Gasteiger partial charge >= 0.3 is 5.97 Å². The van der Waals surface area contributed by atoms with Crippen molar-refractivity contribution in [2.45, 2.75) is 32.6 Å². The molecular weight excluding hydrogens is 240 g/mol. The van der Waals surface area contributed by atoms with Crippen LogP contribution in [-0.2, 0) is 14.3 Å². The second-order valence-corrected chi connectivity index (χ2v) is 5.10. The molecule has 2 rings (SSSR count). The number of fused-ring (bicyclic) bond motifs is 1. The Labute approximate surface area is 115 Å². The molecule has 0 bridgehead atoms. The fraction of sp³-hybridized carbons (Fsp3) is 0.562. The van der Waals surface area contributed by atoms with Gasteiger partial charge in [-0.1, -0.05) is 38.0 Å². The van der Waals surface area contributed by atoms with E-state index in [1.165, 1.54) is 25.5 Å². The predicted molar refractivity (Wildman–Crippen MR) is 74.4 cm³/mol. The van der Waals surface area contributed by atoms with Crippen molar-refractivity contribution >= 4 is 5.97 Å². The minimum Gasteiger partial charge on any atom is -0.500 e. The number of rotatable bonds is 5. The lowest BCUT2D eigenvalue weighted by atomic mass is 9.84. The zero-order chi connectivity index (χ0) is 13.7. The van der Waals surface area contributed by atoms with Crippen LogP contribution in [0.5, 0.6) is 0 Å². The number of hydrogen-bond acceptors (Lipinski definition) is 3. The molecule has 0 N–H and O–H groups in total. The van der Waals surface area contributed by atoms with Crippen molar-refractivity contribution < 1.29 is 14.3 Å². The number of allylic oxidation sites excluding steroid dienone is 3. The van der Waals surface area contributed by atoms with Gasteiger partial charge in [0.2, 0.25) is 0 Å². The van der Waals surface area contributed by atoms with Gasteiger partial charge in [0.15, 0.2) is 0 Å². The first-order valence-electron chi connectivity index (χ1n) is 7.04. The molecule has 0 saturated heterocycles. The van der Waals surface area contributed by atoms with Crippen LogP contribution < -0.4 is 0 Å². The summed E-state index contributed by atoms with van der Waals surface area (Å²) < 4.78 is 10.3. The molecule has 2 aliphatic rings. The van der Waals surface area contributed by atoms with Gasteiger partial charge in [-0.05, 0) is 18.4 Å². The van der Waals surface area contributed by atoms with Crippen LogP contribution in [0.4, 0.5) is 0 Å². The molecule has 0 radical (unpaired) electrons. The number of carbonyl (C=O) groups is 1. The molecule has 19 heavy (non-hydrogen) atoms. The molecule has 3 heteroatoms. The number of hydrogen-bond donors (Lipinski definition) is 0. The van der Waals surface area contributed by atoms with Crippen molar-refractivity contribution in [1.82, 2.24) is 0 Å². The van der Waals surface area contributed by atoms with E-state index in [0.29, 0.717) is 18.1 Å². The minimum absolute atomic E-state index is 0.229. The molecule has 2 atom stereocenters. The summed E-state index contributed by atoms with van der Waals surface area (Å²) in [7, 11) is 1.42. The lowest BCUT2D eigenvalue weighted by molar-refractivity contribution is -0.137. The van der Waals surface area contributed by atoms with E-state index in [4.69, 9.17) is 9.47 Å². The van der Waals surface area contributed by atoms with Crippen molar-refractivity contribution in [3.8, 4) is 0 Å². The third-order valence-electron chi connectivity index (χ3n) is 3.86. The van der Waals surface area contributed by atoms with E-state index >= 15 is 0 Å². The highest BCUT2D eigenvalue weighted by Gasteiger charge is 2.37. The molecule has 0 aromatic heterocycles. The fourth-order valence-corrected chi connectivity index (χ4v) is 2.75. The monoisotopic (exact) mass is 262 g/mol. The van der Waals surface area contributed by atoms with E-state index in [2.05, 4.69) is 25.2 Å². The Bertz CT molecular complexity index is 418. The van der Waals surface area contributed by atoms with Crippen molar-refractivity contribution in [2.24, 2.45) is 11.8 Å². The van der Waals surface area contributed by atoms with Crippen molar-refractivity contribution in [3.63, 3.8) is 0 Å². The smallest absolute Gasteiger partial charge is 0.337 e. The van der Waals surface area contributed by atoms with Gasteiger partial charge in [0.1, 0.15) is 0 Å². The molecule has 1 aliphatic carbocycles. The van der Waals surface area contributed by atoms with E-state index in [1.807, 2.05) is 0 Å². The molecule has 3 nitrogen and oxygen atoms in total. The van der Waals surface area contributed by atoms with Crippen molar-refractivity contribution in [2.75, 3.05) is 13.7 Å². The van der Waals surface area contributed by atoms with Gasteiger partial charge in [0.25, 0.3) is 0 Å². The fourth-order valence-electron chi connectivity index (χ4n) is 2.75. The van der Waals surface area contributed by atoms with E-state index < -0.39 is 0 Å². The van der Waals surface area contributed by atoms with Gasteiger partial charge in [0.05, 0.1) is 25.6 Å². The van der Waals surface area contributed by atoms with Gasteiger partial charge in [-0.15, -0.1) is 0 Å². The summed E-state index contributed by atoms with van der Waals surface area (Å²) in [5.74, 6) is 0.267. The Hall–Kier alpha value is -1.51. The summed E-state index contributed by atoms with van der Waals surface area (Å²) >= 11 is 0. The van der Waals surface area contributed by atoms with Gasteiger partial charge in [-0.3, -0.25) is 0 Å². The van der Waals surface area contributed by atoms with Crippen LogP contribution in [0.1, 0.15) is 32.6 Å². The Kier molecular flexibility index (Phi) is 4.83.